The number of carbonyl (C=O) groups is 2. The molecule has 1 atom stereocenters. The van der Waals surface area contributed by atoms with Crippen LogP contribution in [0.3, 0.4) is 0 Å². The van der Waals surface area contributed by atoms with Crippen molar-refractivity contribution in [1.82, 2.24) is 4.90 Å². The lowest BCUT2D eigenvalue weighted by Gasteiger charge is -2.34. The van der Waals surface area contributed by atoms with Crippen molar-refractivity contribution in [3.05, 3.63) is 53.0 Å². The lowest BCUT2D eigenvalue weighted by Crippen LogP contribution is -2.40. The van der Waals surface area contributed by atoms with Gasteiger partial charge in [0.2, 0.25) is 0 Å². The van der Waals surface area contributed by atoms with Crippen molar-refractivity contribution in [3.63, 3.8) is 0 Å². The van der Waals surface area contributed by atoms with Gasteiger partial charge in [-0.3, -0.25) is 9.59 Å². The molecule has 7 nitrogen and oxygen atoms in total. The maximum absolute atomic E-state index is 13.1. The van der Waals surface area contributed by atoms with Gasteiger partial charge in [0.1, 0.15) is 23.3 Å². The summed E-state index contributed by atoms with van der Waals surface area (Å²) in [5.74, 6) is 0.527. The largest absolute Gasteiger partial charge is 0.507 e. The normalized spacial score (nSPS) is 21.5. The van der Waals surface area contributed by atoms with Gasteiger partial charge in [0, 0.05) is 11.6 Å². The molecule has 1 aromatic heterocycles. The first kappa shape index (κ1) is 21.0. The van der Waals surface area contributed by atoms with Crippen molar-refractivity contribution in [3.8, 4) is 11.5 Å². The highest BCUT2D eigenvalue weighted by molar-refractivity contribution is 6.46. The number of aryl methyl sites for hydroxylation is 1. The molecule has 31 heavy (non-hydrogen) atoms. The quantitative estimate of drug-likeness (QED) is 0.435. The van der Waals surface area contributed by atoms with Crippen LogP contribution in [0.4, 0.5) is 0 Å². The van der Waals surface area contributed by atoms with Crippen LogP contribution in [0.25, 0.3) is 5.76 Å². The highest BCUT2D eigenvalue weighted by Gasteiger charge is 2.50. The lowest BCUT2D eigenvalue weighted by molar-refractivity contribution is -0.142. The van der Waals surface area contributed by atoms with Gasteiger partial charge in [-0.25, -0.2) is 0 Å². The molecule has 1 unspecified atom stereocenters. The molecule has 2 aromatic rings. The minimum atomic E-state index is -0.759. The standard InChI is InChI=1S/C24H27NO6/c1-14-9-11-18(31-14)21-20(22(26)15-10-12-17(29-2)19(13-15)30-3)23(27)24(28)25(21)16-7-5-4-6-8-16/h9-13,16,21,26H,4-8H2,1-3H3/b22-20-. The van der Waals surface area contributed by atoms with Crippen molar-refractivity contribution >= 4 is 17.4 Å². The number of furan rings is 1. The van der Waals surface area contributed by atoms with Gasteiger partial charge in [-0.05, 0) is 50.1 Å². The molecule has 1 aromatic carbocycles. The van der Waals surface area contributed by atoms with Crippen LogP contribution in [0, 0.1) is 6.92 Å². The van der Waals surface area contributed by atoms with Crippen molar-refractivity contribution in [2.24, 2.45) is 0 Å². The van der Waals surface area contributed by atoms with E-state index < -0.39 is 17.7 Å². The molecule has 2 heterocycles. The summed E-state index contributed by atoms with van der Waals surface area (Å²) in [5, 5.41) is 11.2. The van der Waals surface area contributed by atoms with E-state index in [1.54, 1.807) is 35.2 Å². The zero-order valence-corrected chi connectivity index (χ0v) is 18.0. The number of ether oxygens (including phenoxy) is 2. The molecule has 164 valence electrons. The van der Waals surface area contributed by atoms with Gasteiger partial charge in [0.05, 0.1) is 19.8 Å². The molecule has 1 N–H and O–H groups in total. The zero-order valence-electron chi connectivity index (χ0n) is 18.0. The van der Waals surface area contributed by atoms with Crippen LogP contribution in [0.15, 0.2) is 40.3 Å². The Bertz CT molecular complexity index is 1030. The number of nitrogens with zero attached hydrogens (tertiary/aromatic N) is 1. The van der Waals surface area contributed by atoms with Crippen molar-refractivity contribution < 1.29 is 28.6 Å². The second kappa shape index (κ2) is 8.49. The fourth-order valence-corrected chi connectivity index (χ4v) is 4.60. The molecular weight excluding hydrogens is 398 g/mol. The van der Waals surface area contributed by atoms with E-state index in [1.165, 1.54) is 14.2 Å². The van der Waals surface area contributed by atoms with E-state index in [1.807, 2.05) is 6.92 Å². The number of benzene rings is 1. The Morgan fingerprint density at radius 2 is 1.74 bits per heavy atom. The van der Waals surface area contributed by atoms with Gasteiger partial charge < -0.3 is 23.9 Å². The third-order valence-corrected chi connectivity index (χ3v) is 6.14. The predicted molar refractivity (Wildman–Crippen MR) is 114 cm³/mol. The summed E-state index contributed by atoms with van der Waals surface area (Å²) in [7, 11) is 3.02. The molecule has 0 bridgehead atoms. The molecule has 7 heteroatoms. The SMILES string of the molecule is COc1ccc(/C(O)=C2/C(=O)C(=O)N(C3CCCCC3)C2c2ccc(C)o2)cc1OC. The highest BCUT2D eigenvalue weighted by atomic mass is 16.5. The Labute approximate surface area is 181 Å². The number of Topliss-reactive ketones (excluding diaryl/α,β-unsaturated/α-hetero) is 1. The maximum Gasteiger partial charge on any atom is 0.296 e. The monoisotopic (exact) mass is 425 g/mol. The number of aliphatic hydroxyl groups excluding tert-OH is 1. The summed E-state index contributed by atoms with van der Waals surface area (Å²) in [5.41, 5.74) is 0.407. The number of hydrogen-bond donors (Lipinski definition) is 1. The molecule has 1 aliphatic carbocycles. The van der Waals surface area contributed by atoms with Gasteiger partial charge in [-0.15, -0.1) is 0 Å². The number of ketones is 1. The fourth-order valence-electron chi connectivity index (χ4n) is 4.60. The van der Waals surface area contributed by atoms with Crippen molar-refractivity contribution in [2.75, 3.05) is 14.2 Å². The van der Waals surface area contributed by atoms with Crippen LogP contribution in [0.5, 0.6) is 11.5 Å². The Hall–Kier alpha value is -3.22. The zero-order chi connectivity index (χ0) is 22.1. The number of aliphatic hydroxyl groups is 1. The summed E-state index contributed by atoms with van der Waals surface area (Å²) in [4.78, 5) is 27.9. The van der Waals surface area contributed by atoms with E-state index in [2.05, 4.69) is 0 Å². The second-order valence-electron chi connectivity index (χ2n) is 8.02. The second-order valence-corrected chi connectivity index (χ2v) is 8.02. The Morgan fingerprint density at radius 1 is 1.03 bits per heavy atom. The number of carbonyl (C=O) groups excluding carboxylic acids is 2. The molecule has 1 saturated heterocycles. The molecule has 4 rings (SSSR count). The van der Waals surface area contributed by atoms with Crippen molar-refractivity contribution in [2.45, 2.75) is 51.1 Å². The van der Waals surface area contributed by atoms with Gasteiger partial charge in [-0.1, -0.05) is 19.3 Å². The first-order valence-electron chi connectivity index (χ1n) is 10.5. The van der Waals surface area contributed by atoms with E-state index in [-0.39, 0.29) is 17.4 Å². The van der Waals surface area contributed by atoms with Gasteiger partial charge in [-0.2, -0.15) is 0 Å². The first-order valence-corrected chi connectivity index (χ1v) is 10.5. The van der Waals surface area contributed by atoms with Gasteiger partial charge >= 0.3 is 0 Å². The third-order valence-electron chi connectivity index (χ3n) is 6.14. The average Bonchev–Trinajstić information content (AvgIpc) is 3.34. The number of rotatable bonds is 5. The molecule has 0 radical (unpaired) electrons. The predicted octanol–water partition coefficient (Wildman–Crippen LogP) is 4.36. The highest BCUT2D eigenvalue weighted by Crippen LogP contribution is 2.44. The third kappa shape index (κ3) is 3.69. The number of methoxy groups -OCH3 is 2. The molecule has 2 fully saturated rings. The van der Waals surface area contributed by atoms with E-state index in [0.717, 1.165) is 32.1 Å². The smallest absolute Gasteiger partial charge is 0.296 e. The van der Waals surface area contributed by atoms with Crippen LogP contribution < -0.4 is 9.47 Å². The van der Waals surface area contributed by atoms with Crippen molar-refractivity contribution in [1.29, 1.82) is 0 Å². The molecule has 1 saturated carbocycles. The topological polar surface area (TPSA) is 89.2 Å². The summed E-state index contributed by atoms with van der Waals surface area (Å²) >= 11 is 0. The Balaban J connectivity index is 1.85. The lowest BCUT2D eigenvalue weighted by atomic mass is 9.92. The molecule has 1 aliphatic heterocycles. The number of amides is 1. The summed E-state index contributed by atoms with van der Waals surface area (Å²) in [6, 6.07) is 7.62. The van der Waals surface area contributed by atoms with E-state index in [4.69, 9.17) is 13.9 Å². The summed E-state index contributed by atoms with van der Waals surface area (Å²) < 4.78 is 16.4. The fraction of sp³-hybridized carbons (Fsp3) is 0.417. The van der Waals surface area contributed by atoms with Crippen LogP contribution in [-0.4, -0.2) is 42.0 Å². The number of likely N-dealkylation sites (tertiary alicyclic amines) is 1. The van der Waals surface area contributed by atoms with Crippen LogP contribution in [0.2, 0.25) is 0 Å². The Morgan fingerprint density at radius 3 is 2.35 bits per heavy atom. The van der Waals surface area contributed by atoms with Crippen LogP contribution in [-0.2, 0) is 9.59 Å². The number of hydrogen-bond acceptors (Lipinski definition) is 6. The molecule has 0 spiro atoms. The van der Waals surface area contributed by atoms with E-state index in [0.29, 0.717) is 28.6 Å². The molecular formula is C24H27NO6. The van der Waals surface area contributed by atoms with E-state index >= 15 is 0 Å². The minimum Gasteiger partial charge on any atom is -0.507 e. The van der Waals surface area contributed by atoms with Gasteiger partial charge in [0.25, 0.3) is 11.7 Å². The first-order chi connectivity index (χ1) is 15.0. The van der Waals surface area contributed by atoms with Crippen LogP contribution >= 0.6 is 0 Å². The average molecular weight is 425 g/mol. The molecule has 1 amide bonds. The van der Waals surface area contributed by atoms with Gasteiger partial charge in [0.15, 0.2) is 11.5 Å². The summed E-state index contributed by atoms with van der Waals surface area (Å²) in [6.45, 7) is 1.81. The maximum atomic E-state index is 13.1. The summed E-state index contributed by atoms with van der Waals surface area (Å²) in [6.07, 6.45) is 4.80. The van der Waals surface area contributed by atoms with Crippen LogP contribution in [0.1, 0.15) is 55.2 Å². The Kier molecular flexibility index (Phi) is 5.76. The molecule has 2 aliphatic rings. The minimum absolute atomic E-state index is 0.0390. The van der Waals surface area contributed by atoms with E-state index in [9.17, 15) is 14.7 Å².